The number of benzene rings is 1. The molecule has 8 heteroatoms. The molecule has 1 aromatic carbocycles. The summed E-state index contributed by atoms with van der Waals surface area (Å²) in [5.74, 6) is 0.772. The maximum Gasteiger partial charge on any atom is 0.247 e. The number of halogens is 2. The third-order valence-corrected chi connectivity index (χ3v) is 7.48. The summed E-state index contributed by atoms with van der Waals surface area (Å²) in [6, 6.07) is 5.60. The second-order valence-electron chi connectivity index (χ2n) is 9.81. The molecule has 2 aliphatic rings. The lowest BCUT2D eigenvalue weighted by molar-refractivity contribution is 0.417. The molecule has 0 aliphatic heterocycles. The van der Waals surface area contributed by atoms with Crippen LogP contribution in [0, 0.1) is 23.5 Å². The number of allylic oxidation sites excluding steroid dienone is 1. The van der Waals surface area contributed by atoms with Crippen molar-refractivity contribution in [3.05, 3.63) is 83.8 Å². The molecule has 0 amide bonds. The minimum Gasteiger partial charge on any atom is -0.435 e. The highest BCUT2D eigenvalue weighted by Crippen LogP contribution is 2.64. The number of oxazole rings is 1. The molecule has 1 saturated carbocycles. The lowest BCUT2D eigenvalue weighted by Crippen LogP contribution is -2.32. The maximum atomic E-state index is 14.5. The normalized spacial score (nSPS) is 24.5. The van der Waals surface area contributed by atoms with Gasteiger partial charge in [0.25, 0.3) is 0 Å². The Morgan fingerprint density at radius 2 is 1.89 bits per heavy atom. The molecule has 0 N–H and O–H groups in total. The SMILES string of the molecule is C=C(C)c1cnc(-c2cncc([C@@]3(C)CC4C(C)[C@@H]4c4cc(-c5c(F)cccc5F)nnc43)n2)o1. The molecule has 6 nitrogen and oxygen atoms in total. The van der Waals surface area contributed by atoms with E-state index in [2.05, 4.69) is 40.6 Å². The van der Waals surface area contributed by atoms with Crippen LogP contribution in [0.15, 0.2) is 53.9 Å². The highest BCUT2D eigenvalue weighted by Gasteiger charge is 2.58. The predicted octanol–water partition coefficient (Wildman–Crippen LogP) is 5.96. The highest BCUT2D eigenvalue weighted by molar-refractivity contribution is 5.63. The molecular weight excluding hydrogens is 448 g/mol. The third-order valence-electron chi connectivity index (χ3n) is 7.48. The quantitative estimate of drug-likeness (QED) is 0.366. The number of fused-ring (bicyclic) bond motifs is 3. The first-order valence-electron chi connectivity index (χ1n) is 11.5. The van der Waals surface area contributed by atoms with Crippen LogP contribution in [-0.4, -0.2) is 25.1 Å². The van der Waals surface area contributed by atoms with Crippen LogP contribution in [0.25, 0.3) is 28.4 Å². The second kappa shape index (κ2) is 7.60. The molecular formula is C27H23F2N5O. The van der Waals surface area contributed by atoms with Crippen molar-refractivity contribution in [3.8, 4) is 22.8 Å². The van der Waals surface area contributed by atoms with E-state index in [-0.39, 0.29) is 17.2 Å². The van der Waals surface area contributed by atoms with Gasteiger partial charge in [0.05, 0.1) is 40.5 Å². The number of rotatable bonds is 4. The molecule has 0 bridgehead atoms. The van der Waals surface area contributed by atoms with Gasteiger partial charge in [0.15, 0.2) is 0 Å². The minimum absolute atomic E-state index is 0.154. The first-order valence-corrected chi connectivity index (χ1v) is 11.5. The van der Waals surface area contributed by atoms with E-state index in [1.807, 2.05) is 6.92 Å². The van der Waals surface area contributed by atoms with Gasteiger partial charge >= 0.3 is 0 Å². The Morgan fingerprint density at radius 1 is 1.11 bits per heavy atom. The average molecular weight is 472 g/mol. The summed E-state index contributed by atoms with van der Waals surface area (Å²) in [6.07, 6.45) is 5.79. The van der Waals surface area contributed by atoms with Crippen LogP contribution in [-0.2, 0) is 5.41 Å². The third kappa shape index (κ3) is 3.31. The van der Waals surface area contributed by atoms with Crippen LogP contribution < -0.4 is 0 Å². The molecule has 4 aromatic rings. The zero-order valence-electron chi connectivity index (χ0n) is 19.6. The monoisotopic (exact) mass is 471 g/mol. The number of hydrogen-bond donors (Lipinski definition) is 0. The fourth-order valence-electron chi connectivity index (χ4n) is 5.44. The molecule has 35 heavy (non-hydrogen) atoms. The van der Waals surface area contributed by atoms with E-state index in [4.69, 9.17) is 9.40 Å². The summed E-state index contributed by atoms with van der Waals surface area (Å²) in [5, 5.41) is 8.81. The van der Waals surface area contributed by atoms with Gasteiger partial charge in [-0.25, -0.2) is 18.7 Å². The van der Waals surface area contributed by atoms with E-state index >= 15 is 0 Å². The Kier molecular flexibility index (Phi) is 4.71. The van der Waals surface area contributed by atoms with Crippen molar-refractivity contribution < 1.29 is 13.2 Å². The number of nitrogens with zero attached hydrogens (tertiary/aromatic N) is 5. The molecule has 4 atom stereocenters. The Bertz CT molecular complexity index is 1480. The van der Waals surface area contributed by atoms with Crippen molar-refractivity contribution in [2.24, 2.45) is 11.8 Å². The van der Waals surface area contributed by atoms with Gasteiger partial charge in [-0.2, -0.15) is 5.10 Å². The topological polar surface area (TPSA) is 77.6 Å². The van der Waals surface area contributed by atoms with Gasteiger partial charge in [-0.1, -0.05) is 19.6 Å². The van der Waals surface area contributed by atoms with Crippen molar-refractivity contribution in [1.29, 1.82) is 0 Å². The molecule has 0 radical (unpaired) electrons. The molecule has 3 aromatic heterocycles. The molecule has 1 fully saturated rings. The molecule has 0 saturated heterocycles. The first-order chi connectivity index (χ1) is 16.8. The summed E-state index contributed by atoms with van der Waals surface area (Å²) < 4.78 is 34.8. The summed E-state index contributed by atoms with van der Waals surface area (Å²) in [4.78, 5) is 13.6. The van der Waals surface area contributed by atoms with Gasteiger partial charge in [0, 0.05) is 6.20 Å². The zero-order valence-corrected chi connectivity index (χ0v) is 19.6. The van der Waals surface area contributed by atoms with E-state index in [0.717, 1.165) is 28.9 Å². The summed E-state index contributed by atoms with van der Waals surface area (Å²) in [7, 11) is 0. The van der Waals surface area contributed by atoms with Crippen molar-refractivity contribution in [2.75, 3.05) is 0 Å². The van der Waals surface area contributed by atoms with E-state index < -0.39 is 17.0 Å². The molecule has 3 heterocycles. The van der Waals surface area contributed by atoms with E-state index in [1.165, 1.54) is 18.2 Å². The van der Waals surface area contributed by atoms with Crippen molar-refractivity contribution in [3.63, 3.8) is 0 Å². The summed E-state index contributed by atoms with van der Waals surface area (Å²) >= 11 is 0. The largest absolute Gasteiger partial charge is 0.435 e. The second-order valence-corrected chi connectivity index (χ2v) is 9.81. The van der Waals surface area contributed by atoms with E-state index in [0.29, 0.717) is 29.2 Å². The number of aromatic nitrogens is 5. The average Bonchev–Trinajstić information content (AvgIpc) is 3.24. The Hall–Kier alpha value is -3.81. The number of hydrogen-bond acceptors (Lipinski definition) is 6. The Labute approximate surface area is 201 Å². The predicted molar refractivity (Wildman–Crippen MR) is 126 cm³/mol. The van der Waals surface area contributed by atoms with Crippen molar-refractivity contribution in [1.82, 2.24) is 25.1 Å². The van der Waals surface area contributed by atoms with E-state index in [1.54, 1.807) is 24.7 Å². The minimum atomic E-state index is -0.656. The van der Waals surface area contributed by atoms with Crippen LogP contribution in [0.1, 0.15) is 55.8 Å². The molecule has 176 valence electrons. The zero-order chi connectivity index (χ0) is 24.5. The van der Waals surface area contributed by atoms with Crippen LogP contribution >= 0.6 is 0 Å². The van der Waals surface area contributed by atoms with Gasteiger partial charge < -0.3 is 4.42 Å². The molecule has 2 unspecified atom stereocenters. The molecule has 0 spiro atoms. The summed E-state index contributed by atoms with van der Waals surface area (Å²) in [6.45, 7) is 10.0. The molecule has 2 aliphatic carbocycles. The summed E-state index contributed by atoms with van der Waals surface area (Å²) in [5.41, 5.74) is 3.22. The first kappa shape index (κ1) is 21.7. The van der Waals surface area contributed by atoms with Gasteiger partial charge in [-0.05, 0) is 67.4 Å². The standard InChI is InChI=1S/C27H23F2N5O/c1-13(2)21-11-31-26(35-21)20-10-30-12-22(32-20)27(4)9-16-14(3)23(16)15-8-19(33-34-25(15)27)24-17(28)6-5-7-18(24)29/h5-8,10-12,14,16,23H,1,9H2,2-4H3/t14?,16?,23-,27-/m1/s1. The lowest BCUT2D eigenvalue weighted by atomic mass is 9.72. The van der Waals surface area contributed by atoms with Gasteiger partial charge in [-0.15, -0.1) is 5.10 Å². The molecule has 6 rings (SSSR count). The van der Waals surface area contributed by atoms with Crippen LogP contribution in [0.3, 0.4) is 0 Å². The fraction of sp³-hybridized carbons (Fsp3) is 0.296. The lowest BCUT2D eigenvalue weighted by Gasteiger charge is -2.33. The highest BCUT2D eigenvalue weighted by atomic mass is 19.1. The van der Waals surface area contributed by atoms with Gasteiger partial charge in [0.2, 0.25) is 5.89 Å². The van der Waals surface area contributed by atoms with Crippen molar-refractivity contribution in [2.45, 2.75) is 38.5 Å². The Morgan fingerprint density at radius 3 is 2.60 bits per heavy atom. The fourth-order valence-corrected chi connectivity index (χ4v) is 5.44. The van der Waals surface area contributed by atoms with Gasteiger partial charge in [0.1, 0.15) is 23.1 Å². The smallest absolute Gasteiger partial charge is 0.247 e. The van der Waals surface area contributed by atoms with Gasteiger partial charge in [-0.3, -0.25) is 4.98 Å². The van der Waals surface area contributed by atoms with Crippen LogP contribution in [0.5, 0.6) is 0 Å². The Balaban J connectivity index is 1.46. The maximum absolute atomic E-state index is 14.5. The van der Waals surface area contributed by atoms with Crippen LogP contribution in [0.4, 0.5) is 8.78 Å². The van der Waals surface area contributed by atoms with Crippen LogP contribution in [0.2, 0.25) is 0 Å². The van der Waals surface area contributed by atoms with Crippen molar-refractivity contribution >= 4 is 5.57 Å². The van der Waals surface area contributed by atoms with E-state index in [9.17, 15) is 8.78 Å².